The molecule has 65 heavy (non-hydrogen) atoms. The topological polar surface area (TPSA) is 78.9 Å². The normalized spacial score (nSPS) is 12.5. The summed E-state index contributed by atoms with van der Waals surface area (Å²) in [5, 5.41) is 0. The maximum Gasteiger partial charge on any atom is 0.306 e. The maximum atomic E-state index is 12.8. The van der Waals surface area contributed by atoms with Gasteiger partial charge in [-0.15, -0.1) is 0 Å². The van der Waals surface area contributed by atoms with Gasteiger partial charge in [0.15, 0.2) is 6.10 Å². The van der Waals surface area contributed by atoms with Crippen molar-refractivity contribution in [2.75, 3.05) is 13.2 Å². The number of ether oxygens (including phenoxy) is 3. The lowest BCUT2D eigenvalue weighted by molar-refractivity contribution is -0.167. The van der Waals surface area contributed by atoms with E-state index in [1.807, 2.05) is 0 Å². The summed E-state index contributed by atoms with van der Waals surface area (Å²) in [6.45, 7) is 6.51. The highest BCUT2D eigenvalue weighted by atomic mass is 16.6. The van der Waals surface area contributed by atoms with Crippen LogP contribution < -0.4 is 0 Å². The molecule has 0 aliphatic heterocycles. The molecule has 1 atom stereocenters. The average molecular weight is 909 g/mol. The molecule has 376 valence electrons. The van der Waals surface area contributed by atoms with Crippen LogP contribution in [0, 0.1) is 0 Å². The lowest BCUT2D eigenvalue weighted by Crippen LogP contribution is -2.30. The van der Waals surface area contributed by atoms with Crippen LogP contribution in [0.1, 0.15) is 278 Å². The van der Waals surface area contributed by atoms with Gasteiger partial charge in [-0.3, -0.25) is 14.4 Å². The molecule has 1 unspecified atom stereocenters. The van der Waals surface area contributed by atoms with E-state index in [1.165, 1.54) is 154 Å². The number of esters is 3. The summed E-state index contributed by atoms with van der Waals surface area (Å²) in [5.74, 6) is -0.936. The molecule has 0 saturated heterocycles. The molecule has 0 rings (SSSR count). The minimum atomic E-state index is -0.793. The number of hydrogen-bond donors (Lipinski definition) is 0. The summed E-state index contributed by atoms with van der Waals surface area (Å²) in [5.41, 5.74) is 0. The van der Waals surface area contributed by atoms with Gasteiger partial charge in [0.2, 0.25) is 0 Å². The first-order valence-electron chi connectivity index (χ1n) is 27.8. The third-order valence-electron chi connectivity index (χ3n) is 12.0. The molecular formula is C59H104O6. The lowest BCUT2D eigenvalue weighted by atomic mass is 10.0. The number of unbranched alkanes of at least 4 members (excludes halogenated alkanes) is 29. The Morgan fingerprint density at radius 3 is 0.938 bits per heavy atom. The molecule has 0 spiro atoms. The van der Waals surface area contributed by atoms with Crippen LogP contribution in [0.3, 0.4) is 0 Å². The highest BCUT2D eigenvalue weighted by molar-refractivity contribution is 5.71. The van der Waals surface area contributed by atoms with E-state index < -0.39 is 6.10 Å². The average Bonchev–Trinajstić information content (AvgIpc) is 3.30. The molecule has 0 aliphatic rings. The summed E-state index contributed by atoms with van der Waals surface area (Å²) >= 11 is 0. The van der Waals surface area contributed by atoms with Gasteiger partial charge in [-0.1, -0.05) is 261 Å². The Bertz CT molecular complexity index is 1180. The molecule has 0 aliphatic carbocycles. The van der Waals surface area contributed by atoms with Gasteiger partial charge in [-0.2, -0.15) is 0 Å². The Labute approximate surface area is 402 Å². The smallest absolute Gasteiger partial charge is 0.306 e. The molecule has 0 bridgehead atoms. The number of rotatable bonds is 50. The van der Waals surface area contributed by atoms with E-state index in [0.717, 1.165) is 77.0 Å². The number of carbonyl (C=O) groups is 3. The zero-order chi connectivity index (χ0) is 47.2. The van der Waals surface area contributed by atoms with E-state index >= 15 is 0 Å². The van der Waals surface area contributed by atoms with Crippen LogP contribution in [0.25, 0.3) is 0 Å². The van der Waals surface area contributed by atoms with Gasteiger partial charge in [0.05, 0.1) is 0 Å². The molecule has 0 aromatic carbocycles. The fourth-order valence-corrected chi connectivity index (χ4v) is 7.89. The maximum absolute atomic E-state index is 12.8. The van der Waals surface area contributed by atoms with Crippen LogP contribution in [0.15, 0.2) is 60.8 Å². The van der Waals surface area contributed by atoms with Crippen molar-refractivity contribution in [1.29, 1.82) is 0 Å². The van der Waals surface area contributed by atoms with Gasteiger partial charge in [-0.05, 0) is 57.8 Å². The Hall–Kier alpha value is -2.89. The van der Waals surface area contributed by atoms with Crippen molar-refractivity contribution in [3.05, 3.63) is 60.8 Å². The summed E-state index contributed by atoms with van der Waals surface area (Å²) in [4.78, 5) is 38.1. The number of carbonyl (C=O) groups excluding carboxylic acids is 3. The minimum absolute atomic E-state index is 0.0878. The van der Waals surface area contributed by atoms with Crippen LogP contribution in [0.5, 0.6) is 0 Å². The van der Waals surface area contributed by atoms with Crippen molar-refractivity contribution >= 4 is 17.9 Å². The van der Waals surface area contributed by atoms with E-state index in [2.05, 4.69) is 81.5 Å². The Morgan fingerprint density at radius 2 is 0.600 bits per heavy atom. The third-order valence-corrected chi connectivity index (χ3v) is 12.0. The molecule has 0 radical (unpaired) electrons. The van der Waals surface area contributed by atoms with Crippen LogP contribution in [0.4, 0.5) is 0 Å². The summed E-state index contributed by atoms with van der Waals surface area (Å²) < 4.78 is 16.8. The Kier molecular flexibility index (Phi) is 51.3. The second-order valence-corrected chi connectivity index (χ2v) is 18.5. The lowest BCUT2D eigenvalue weighted by Gasteiger charge is -2.18. The molecule has 6 nitrogen and oxygen atoms in total. The predicted octanol–water partition coefficient (Wildman–Crippen LogP) is 18.4. The SMILES string of the molecule is CC/C=C\C/C=C\C/C=C\C/C=C\C/C=C\CCCC(=O)OCC(COC(=O)CCCCCCCCCCCCCCCCC)OC(=O)CCCCCCCCCCCCCCCCC. The monoisotopic (exact) mass is 909 g/mol. The first-order chi connectivity index (χ1) is 32.0. The van der Waals surface area contributed by atoms with Gasteiger partial charge in [0.1, 0.15) is 13.2 Å². The van der Waals surface area contributed by atoms with Crippen molar-refractivity contribution in [2.24, 2.45) is 0 Å². The van der Waals surface area contributed by atoms with Crippen molar-refractivity contribution in [1.82, 2.24) is 0 Å². The fourth-order valence-electron chi connectivity index (χ4n) is 7.89. The van der Waals surface area contributed by atoms with Crippen molar-refractivity contribution in [3.63, 3.8) is 0 Å². The summed E-state index contributed by atoms with van der Waals surface area (Å²) in [7, 11) is 0. The molecule has 0 fully saturated rings. The summed E-state index contributed by atoms with van der Waals surface area (Å²) in [6, 6.07) is 0. The highest BCUT2D eigenvalue weighted by Crippen LogP contribution is 2.16. The standard InChI is InChI=1S/C59H104O6/c1-4-7-10-13-16-19-22-25-28-29-32-34-37-40-43-46-49-52-58(61)64-55-56(65-59(62)53-50-47-44-41-38-35-31-27-24-21-18-15-12-9-6-3)54-63-57(60)51-48-45-42-39-36-33-30-26-23-20-17-14-11-8-5-2/h7,10,16,19,25,28,32,34,40,43,56H,4-6,8-9,11-15,17-18,20-24,26-27,29-31,33,35-39,41-42,44-55H2,1-3H3/b10-7-,19-16-,28-25-,34-32-,43-40-. The van der Waals surface area contributed by atoms with E-state index in [9.17, 15) is 14.4 Å². The minimum Gasteiger partial charge on any atom is -0.462 e. The highest BCUT2D eigenvalue weighted by Gasteiger charge is 2.19. The predicted molar refractivity (Wildman–Crippen MR) is 279 cm³/mol. The zero-order valence-electron chi connectivity index (χ0n) is 43.0. The largest absolute Gasteiger partial charge is 0.462 e. The van der Waals surface area contributed by atoms with Crippen LogP contribution in [-0.2, 0) is 28.6 Å². The molecule has 0 heterocycles. The molecule has 0 aromatic rings. The van der Waals surface area contributed by atoms with E-state index in [0.29, 0.717) is 19.3 Å². The Morgan fingerprint density at radius 1 is 0.323 bits per heavy atom. The molecule has 0 aromatic heterocycles. The van der Waals surface area contributed by atoms with Crippen LogP contribution in [-0.4, -0.2) is 37.2 Å². The molecule has 0 amide bonds. The van der Waals surface area contributed by atoms with Gasteiger partial charge < -0.3 is 14.2 Å². The number of allylic oxidation sites excluding steroid dienone is 10. The first-order valence-corrected chi connectivity index (χ1v) is 27.8. The van der Waals surface area contributed by atoms with E-state index in [-0.39, 0.29) is 37.5 Å². The van der Waals surface area contributed by atoms with Crippen LogP contribution in [0.2, 0.25) is 0 Å². The zero-order valence-corrected chi connectivity index (χ0v) is 43.0. The van der Waals surface area contributed by atoms with E-state index in [1.54, 1.807) is 0 Å². The van der Waals surface area contributed by atoms with Gasteiger partial charge >= 0.3 is 17.9 Å². The fraction of sp³-hybridized carbons (Fsp3) is 0.780. The van der Waals surface area contributed by atoms with Gasteiger partial charge in [-0.25, -0.2) is 0 Å². The van der Waals surface area contributed by atoms with Gasteiger partial charge in [0.25, 0.3) is 0 Å². The second kappa shape index (κ2) is 53.7. The molecule has 6 heteroatoms. The van der Waals surface area contributed by atoms with Crippen LogP contribution >= 0.6 is 0 Å². The number of hydrogen-bond acceptors (Lipinski definition) is 6. The Balaban J connectivity index is 4.44. The summed E-state index contributed by atoms with van der Waals surface area (Å²) in [6.07, 6.45) is 66.4. The van der Waals surface area contributed by atoms with Crippen molar-refractivity contribution in [2.45, 2.75) is 284 Å². The van der Waals surface area contributed by atoms with E-state index in [4.69, 9.17) is 14.2 Å². The molecule has 0 saturated carbocycles. The van der Waals surface area contributed by atoms with Gasteiger partial charge in [0, 0.05) is 19.3 Å². The third kappa shape index (κ3) is 51.9. The van der Waals surface area contributed by atoms with Crippen molar-refractivity contribution in [3.8, 4) is 0 Å². The molecule has 0 N–H and O–H groups in total. The second-order valence-electron chi connectivity index (χ2n) is 18.5. The first kappa shape index (κ1) is 62.1. The quantitative estimate of drug-likeness (QED) is 0.0262. The molecular weight excluding hydrogens is 805 g/mol. The van der Waals surface area contributed by atoms with Crippen molar-refractivity contribution < 1.29 is 28.6 Å².